The second kappa shape index (κ2) is 5.67. The van der Waals surface area contributed by atoms with Crippen molar-refractivity contribution in [1.82, 2.24) is 9.88 Å². The molecule has 1 fully saturated rings. The Labute approximate surface area is 109 Å². The molecule has 0 radical (unpaired) electrons. The predicted molar refractivity (Wildman–Crippen MR) is 73.8 cm³/mol. The van der Waals surface area contributed by atoms with E-state index >= 15 is 0 Å². The monoisotopic (exact) mass is 249 g/mol. The molecule has 2 rings (SSSR count). The zero-order chi connectivity index (χ0) is 13.1. The van der Waals surface area contributed by atoms with E-state index in [1.54, 1.807) is 13.1 Å². The van der Waals surface area contributed by atoms with Crippen molar-refractivity contribution in [3.63, 3.8) is 0 Å². The van der Waals surface area contributed by atoms with Crippen molar-refractivity contribution in [2.75, 3.05) is 32.1 Å². The molecule has 2 atom stereocenters. The molecule has 1 aromatic rings. The number of hydrogen-bond donors (Lipinski definition) is 1. The molecule has 1 saturated heterocycles. The van der Waals surface area contributed by atoms with E-state index in [4.69, 9.17) is 0 Å². The number of nitrogens with zero attached hydrogens (tertiary/aromatic N) is 3. The van der Waals surface area contributed by atoms with Crippen LogP contribution in [0.25, 0.3) is 0 Å². The number of aromatic nitrogens is 1. The number of likely N-dealkylation sites (N-methyl/N-ethyl adjacent to an activating group) is 1. The molecule has 2 heterocycles. The fraction of sp³-hybridized carbons (Fsp3) is 0.643. The summed E-state index contributed by atoms with van der Waals surface area (Å²) in [5, 5.41) is 9.49. The van der Waals surface area contributed by atoms with Crippen LogP contribution in [0.3, 0.4) is 0 Å². The van der Waals surface area contributed by atoms with Crippen LogP contribution < -0.4 is 4.90 Å². The van der Waals surface area contributed by atoms with Crippen molar-refractivity contribution in [1.29, 1.82) is 0 Å². The van der Waals surface area contributed by atoms with Crippen molar-refractivity contribution in [2.45, 2.75) is 31.9 Å². The van der Waals surface area contributed by atoms with Gasteiger partial charge in [0.2, 0.25) is 0 Å². The summed E-state index contributed by atoms with van der Waals surface area (Å²) in [7, 11) is 4.22. The average Bonchev–Trinajstić information content (AvgIpc) is 2.76. The highest BCUT2D eigenvalue weighted by atomic mass is 16.3. The Balaban J connectivity index is 2.10. The summed E-state index contributed by atoms with van der Waals surface area (Å²) in [5.41, 5.74) is 0.877. The van der Waals surface area contributed by atoms with Gasteiger partial charge in [0, 0.05) is 25.3 Å². The van der Waals surface area contributed by atoms with Crippen molar-refractivity contribution >= 4 is 5.82 Å². The van der Waals surface area contributed by atoms with Crippen LogP contribution in [0.1, 0.15) is 31.4 Å². The summed E-state index contributed by atoms with van der Waals surface area (Å²) < 4.78 is 0. The minimum Gasteiger partial charge on any atom is -0.389 e. The first kappa shape index (κ1) is 13.3. The molecule has 1 aliphatic rings. The minimum atomic E-state index is -0.442. The van der Waals surface area contributed by atoms with E-state index in [0.717, 1.165) is 24.5 Å². The van der Waals surface area contributed by atoms with Crippen molar-refractivity contribution in [3.8, 4) is 0 Å². The fourth-order valence-electron chi connectivity index (χ4n) is 2.56. The molecule has 1 unspecified atom stereocenters. The van der Waals surface area contributed by atoms with Gasteiger partial charge < -0.3 is 14.9 Å². The van der Waals surface area contributed by atoms with Gasteiger partial charge in [-0.1, -0.05) is 6.07 Å². The standard InChI is InChI=1S/C14H23N3O/c1-11(18)12-6-7-14(15-9-12)17-8-4-5-13(17)10-16(2)3/h6-7,9,11,13,18H,4-5,8,10H2,1-3H3/t11-,13?/m0/s1. The fourth-order valence-corrected chi connectivity index (χ4v) is 2.56. The zero-order valence-electron chi connectivity index (χ0n) is 11.5. The number of anilines is 1. The number of aliphatic hydroxyl groups excluding tert-OH is 1. The van der Waals surface area contributed by atoms with Gasteiger partial charge in [-0.2, -0.15) is 0 Å². The van der Waals surface area contributed by atoms with Gasteiger partial charge in [0.15, 0.2) is 0 Å². The molecule has 0 spiro atoms. The van der Waals surface area contributed by atoms with Crippen LogP contribution >= 0.6 is 0 Å². The van der Waals surface area contributed by atoms with Gasteiger partial charge in [-0.05, 0) is 45.5 Å². The van der Waals surface area contributed by atoms with E-state index in [0.29, 0.717) is 6.04 Å². The summed E-state index contributed by atoms with van der Waals surface area (Å²) in [5.74, 6) is 1.03. The lowest BCUT2D eigenvalue weighted by atomic mass is 10.2. The van der Waals surface area contributed by atoms with Gasteiger partial charge in [-0.3, -0.25) is 0 Å². The molecule has 18 heavy (non-hydrogen) atoms. The molecule has 0 saturated carbocycles. The third-order valence-electron chi connectivity index (χ3n) is 3.50. The topological polar surface area (TPSA) is 39.6 Å². The molecule has 0 aromatic carbocycles. The molecule has 100 valence electrons. The van der Waals surface area contributed by atoms with E-state index in [1.807, 2.05) is 12.1 Å². The lowest BCUT2D eigenvalue weighted by Crippen LogP contribution is -2.37. The van der Waals surface area contributed by atoms with Crippen LogP contribution in [0, 0.1) is 0 Å². The summed E-state index contributed by atoms with van der Waals surface area (Å²) >= 11 is 0. The maximum atomic E-state index is 9.49. The molecular weight excluding hydrogens is 226 g/mol. The number of aliphatic hydroxyl groups is 1. The molecule has 1 N–H and O–H groups in total. The maximum absolute atomic E-state index is 9.49. The summed E-state index contributed by atoms with van der Waals surface area (Å²) in [6.07, 6.45) is 3.81. The summed E-state index contributed by atoms with van der Waals surface area (Å²) in [6.45, 7) is 3.92. The van der Waals surface area contributed by atoms with Gasteiger partial charge in [0.1, 0.15) is 5.82 Å². The Morgan fingerprint density at radius 2 is 2.28 bits per heavy atom. The quantitative estimate of drug-likeness (QED) is 0.881. The molecule has 4 nitrogen and oxygen atoms in total. The summed E-state index contributed by atoms with van der Waals surface area (Å²) in [4.78, 5) is 9.10. The Morgan fingerprint density at radius 3 is 2.83 bits per heavy atom. The number of pyridine rings is 1. The highest BCUT2D eigenvalue weighted by Gasteiger charge is 2.25. The van der Waals surface area contributed by atoms with Crippen molar-refractivity contribution in [3.05, 3.63) is 23.9 Å². The van der Waals surface area contributed by atoms with E-state index in [9.17, 15) is 5.11 Å². The minimum absolute atomic E-state index is 0.442. The summed E-state index contributed by atoms with van der Waals surface area (Å²) in [6, 6.07) is 4.55. The molecule has 1 aromatic heterocycles. The SMILES string of the molecule is C[C@H](O)c1ccc(N2CCCC2CN(C)C)nc1. The largest absolute Gasteiger partial charge is 0.389 e. The van der Waals surface area contributed by atoms with Crippen LogP contribution in [-0.2, 0) is 0 Å². The Morgan fingerprint density at radius 1 is 1.50 bits per heavy atom. The Kier molecular flexibility index (Phi) is 4.19. The molecule has 0 aliphatic carbocycles. The number of rotatable bonds is 4. The first-order chi connectivity index (χ1) is 8.58. The van der Waals surface area contributed by atoms with E-state index in [1.165, 1.54) is 12.8 Å². The molecular formula is C14H23N3O. The Bertz CT molecular complexity index is 375. The van der Waals surface area contributed by atoms with Gasteiger partial charge in [-0.25, -0.2) is 4.98 Å². The third-order valence-corrected chi connectivity index (χ3v) is 3.50. The lowest BCUT2D eigenvalue weighted by Gasteiger charge is -2.28. The average molecular weight is 249 g/mol. The lowest BCUT2D eigenvalue weighted by molar-refractivity contribution is 0.199. The van der Waals surface area contributed by atoms with Gasteiger partial charge in [0.25, 0.3) is 0 Å². The highest BCUT2D eigenvalue weighted by Crippen LogP contribution is 2.25. The number of hydrogen-bond acceptors (Lipinski definition) is 4. The molecule has 0 bridgehead atoms. The molecule has 4 heteroatoms. The van der Waals surface area contributed by atoms with Crippen LogP contribution in [0.4, 0.5) is 5.82 Å². The van der Waals surface area contributed by atoms with Crippen molar-refractivity contribution < 1.29 is 5.11 Å². The zero-order valence-corrected chi connectivity index (χ0v) is 11.5. The van der Waals surface area contributed by atoms with Crippen LogP contribution in [0.5, 0.6) is 0 Å². The van der Waals surface area contributed by atoms with E-state index in [-0.39, 0.29) is 0 Å². The maximum Gasteiger partial charge on any atom is 0.128 e. The van der Waals surface area contributed by atoms with Crippen LogP contribution in [-0.4, -0.2) is 48.2 Å². The normalized spacial score (nSPS) is 21.6. The van der Waals surface area contributed by atoms with Crippen LogP contribution in [0.15, 0.2) is 18.3 Å². The van der Waals surface area contributed by atoms with Crippen molar-refractivity contribution in [2.24, 2.45) is 0 Å². The van der Waals surface area contributed by atoms with Crippen LogP contribution in [0.2, 0.25) is 0 Å². The molecule has 1 aliphatic heterocycles. The van der Waals surface area contributed by atoms with E-state index in [2.05, 4.69) is 28.9 Å². The Hall–Kier alpha value is -1.13. The first-order valence-electron chi connectivity index (χ1n) is 6.63. The third kappa shape index (κ3) is 3.00. The van der Waals surface area contributed by atoms with Gasteiger partial charge >= 0.3 is 0 Å². The van der Waals surface area contributed by atoms with Gasteiger partial charge in [-0.15, -0.1) is 0 Å². The first-order valence-corrected chi connectivity index (χ1v) is 6.63. The molecule has 0 amide bonds. The second-order valence-corrected chi connectivity index (χ2v) is 5.38. The highest BCUT2D eigenvalue weighted by molar-refractivity contribution is 5.42. The van der Waals surface area contributed by atoms with E-state index < -0.39 is 6.10 Å². The predicted octanol–water partition coefficient (Wildman–Crippen LogP) is 1.67. The smallest absolute Gasteiger partial charge is 0.128 e. The second-order valence-electron chi connectivity index (χ2n) is 5.38. The van der Waals surface area contributed by atoms with Gasteiger partial charge in [0.05, 0.1) is 6.10 Å².